The Bertz CT molecular complexity index is 463. The third kappa shape index (κ3) is 3.99. The molecule has 5 nitrogen and oxygen atoms in total. The summed E-state index contributed by atoms with van der Waals surface area (Å²) in [6.07, 6.45) is 3.06. The summed E-state index contributed by atoms with van der Waals surface area (Å²) in [7, 11) is 0. The summed E-state index contributed by atoms with van der Waals surface area (Å²) >= 11 is 3.33. The van der Waals surface area contributed by atoms with Gasteiger partial charge in [-0.2, -0.15) is 0 Å². The Morgan fingerprint density at radius 2 is 2.26 bits per heavy atom. The van der Waals surface area contributed by atoms with Crippen LogP contribution in [0.3, 0.4) is 0 Å². The van der Waals surface area contributed by atoms with Gasteiger partial charge in [-0.05, 0) is 37.3 Å². The lowest BCUT2D eigenvalue weighted by Crippen LogP contribution is -2.31. The van der Waals surface area contributed by atoms with E-state index in [-0.39, 0.29) is 23.3 Å². The smallest absolute Gasteiger partial charge is 0.273 e. The highest BCUT2D eigenvalue weighted by Crippen LogP contribution is 2.34. The lowest BCUT2D eigenvalue weighted by molar-refractivity contribution is -0.385. The van der Waals surface area contributed by atoms with Crippen molar-refractivity contribution in [1.29, 1.82) is 0 Å². The maximum Gasteiger partial charge on any atom is 0.273 e. The van der Waals surface area contributed by atoms with E-state index in [2.05, 4.69) is 21.2 Å². The molecule has 1 atom stereocenters. The van der Waals surface area contributed by atoms with Gasteiger partial charge in [0.1, 0.15) is 0 Å². The maximum absolute atomic E-state index is 11.0. The molecule has 0 aliphatic heterocycles. The highest BCUT2D eigenvalue weighted by Gasteiger charge is 2.30. The van der Waals surface area contributed by atoms with Crippen molar-refractivity contribution in [3.63, 3.8) is 0 Å². The normalized spacial score (nSPS) is 16.3. The van der Waals surface area contributed by atoms with Gasteiger partial charge in [-0.15, -0.1) is 0 Å². The zero-order chi connectivity index (χ0) is 13.8. The zero-order valence-electron chi connectivity index (χ0n) is 10.5. The first kappa shape index (κ1) is 14.4. The van der Waals surface area contributed by atoms with Crippen LogP contribution in [-0.4, -0.2) is 22.7 Å². The molecule has 0 aromatic heterocycles. The average Bonchev–Trinajstić information content (AvgIpc) is 3.18. The van der Waals surface area contributed by atoms with Crippen LogP contribution in [0.4, 0.5) is 5.69 Å². The Morgan fingerprint density at radius 3 is 2.84 bits per heavy atom. The first-order valence-electron chi connectivity index (χ1n) is 6.39. The van der Waals surface area contributed by atoms with Crippen molar-refractivity contribution in [3.8, 4) is 0 Å². The van der Waals surface area contributed by atoms with Gasteiger partial charge in [0.15, 0.2) is 0 Å². The average molecular weight is 329 g/mol. The van der Waals surface area contributed by atoms with E-state index < -0.39 is 0 Å². The molecule has 1 saturated carbocycles. The Morgan fingerprint density at radius 1 is 1.53 bits per heavy atom. The summed E-state index contributed by atoms with van der Waals surface area (Å²) in [6, 6.07) is 5.21. The van der Waals surface area contributed by atoms with Gasteiger partial charge in [0.2, 0.25) is 0 Å². The second-order valence-corrected chi connectivity index (χ2v) is 5.78. The molecule has 1 aliphatic carbocycles. The fourth-order valence-electron chi connectivity index (χ4n) is 2.26. The fourth-order valence-corrected chi connectivity index (χ4v) is 2.67. The number of benzene rings is 1. The minimum absolute atomic E-state index is 0.134. The van der Waals surface area contributed by atoms with Crippen LogP contribution in [0.5, 0.6) is 0 Å². The zero-order valence-corrected chi connectivity index (χ0v) is 12.1. The molecule has 104 valence electrons. The number of rotatable bonds is 7. The van der Waals surface area contributed by atoms with Gasteiger partial charge < -0.3 is 10.4 Å². The predicted molar refractivity (Wildman–Crippen MR) is 75.9 cm³/mol. The molecule has 1 unspecified atom stereocenters. The molecule has 2 rings (SSSR count). The van der Waals surface area contributed by atoms with Crippen molar-refractivity contribution in [2.75, 3.05) is 6.61 Å². The molecule has 1 aliphatic rings. The highest BCUT2D eigenvalue weighted by atomic mass is 79.9. The summed E-state index contributed by atoms with van der Waals surface area (Å²) in [5.74, 6) is 0.610. The van der Waals surface area contributed by atoms with E-state index in [0.717, 1.165) is 4.47 Å². The van der Waals surface area contributed by atoms with E-state index in [4.69, 9.17) is 5.11 Å². The quantitative estimate of drug-likeness (QED) is 0.596. The van der Waals surface area contributed by atoms with E-state index in [0.29, 0.717) is 24.4 Å². The number of nitrogens with one attached hydrogen (secondary N) is 1. The number of halogens is 1. The third-order valence-electron chi connectivity index (χ3n) is 3.42. The first-order valence-corrected chi connectivity index (χ1v) is 7.18. The molecule has 0 amide bonds. The summed E-state index contributed by atoms with van der Waals surface area (Å²) in [4.78, 5) is 10.6. The van der Waals surface area contributed by atoms with Crippen LogP contribution in [0.1, 0.15) is 24.8 Å². The molecule has 0 radical (unpaired) electrons. The molecule has 1 aromatic carbocycles. The first-order chi connectivity index (χ1) is 9.11. The lowest BCUT2D eigenvalue weighted by atomic mass is 10.1. The Labute approximate surface area is 120 Å². The summed E-state index contributed by atoms with van der Waals surface area (Å²) in [5, 5.41) is 23.3. The summed E-state index contributed by atoms with van der Waals surface area (Å²) < 4.78 is 0.833. The molecular weight excluding hydrogens is 312 g/mol. The number of nitro groups is 1. The van der Waals surface area contributed by atoms with Crippen molar-refractivity contribution in [1.82, 2.24) is 5.32 Å². The van der Waals surface area contributed by atoms with Gasteiger partial charge in [0.25, 0.3) is 5.69 Å². The van der Waals surface area contributed by atoms with Crippen molar-refractivity contribution in [2.24, 2.45) is 5.92 Å². The molecule has 0 bridgehead atoms. The Hall–Kier alpha value is -0.980. The van der Waals surface area contributed by atoms with Crippen LogP contribution in [0.25, 0.3) is 0 Å². The molecular formula is C13H17BrN2O3. The Kier molecular flexibility index (Phi) is 4.90. The number of aliphatic hydroxyl groups is 1. The molecule has 19 heavy (non-hydrogen) atoms. The minimum Gasteiger partial charge on any atom is -0.396 e. The van der Waals surface area contributed by atoms with Gasteiger partial charge in [-0.25, -0.2) is 0 Å². The number of hydrogen-bond donors (Lipinski definition) is 2. The van der Waals surface area contributed by atoms with E-state index >= 15 is 0 Å². The van der Waals surface area contributed by atoms with E-state index in [1.54, 1.807) is 12.1 Å². The van der Waals surface area contributed by atoms with Crippen molar-refractivity contribution in [2.45, 2.75) is 31.8 Å². The van der Waals surface area contributed by atoms with E-state index in [1.807, 2.05) is 0 Å². The fraction of sp³-hybridized carbons (Fsp3) is 0.538. The van der Waals surface area contributed by atoms with Crippen LogP contribution in [0.15, 0.2) is 22.7 Å². The van der Waals surface area contributed by atoms with Crippen molar-refractivity contribution < 1.29 is 10.0 Å². The van der Waals surface area contributed by atoms with Gasteiger partial charge in [0.05, 0.1) is 4.92 Å². The molecule has 2 N–H and O–H groups in total. The molecule has 1 fully saturated rings. The van der Waals surface area contributed by atoms with Crippen molar-refractivity contribution >= 4 is 21.6 Å². The number of aliphatic hydroxyl groups excluding tert-OH is 1. The summed E-state index contributed by atoms with van der Waals surface area (Å²) in [5.41, 5.74) is 0.803. The number of hydrogen-bond acceptors (Lipinski definition) is 4. The maximum atomic E-state index is 11.0. The van der Waals surface area contributed by atoms with Gasteiger partial charge in [-0.3, -0.25) is 10.1 Å². The summed E-state index contributed by atoms with van der Waals surface area (Å²) in [6.45, 7) is 0.603. The van der Waals surface area contributed by atoms with E-state index in [1.165, 1.54) is 18.9 Å². The molecule has 1 aromatic rings. The topological polar surface area (TPSA) is 75.4 Å². The highest BCUT2D eigenvalue weighted by molar-refractivity contribution is 9.10. The van der Waals surface area contributed by atoms with Gasteiger partial charge in [0, 0.05) is 35.3 Å². The lowest BCUT2D eigenvalue weighted by Gasteiger charge is -2.17. The third-order valence-corrected chi connectivity index (χ3v) is 3.92. The SMILES string of the molecule is O=[N+]([O-])c1ccc(Br)cc1CNC(CCO)C1CC1. The number of nitro benzene ring substituents is 1. The van der Waals surface area contributed by atoms with Crippen molar-refractivity contribution in [3.05, 3.63) is 38.3 Å². The molecule has 0 saturated heterocycles. The molecule has 0 heterocycles. The second-order valence-electron chi connectivity index (χ2n) is 4.87. The largest absolute Gasteiger partial charge is 0.396 e. The minimum atomic E-state index is -0.359. The standard InChI is InChI=1S/C13H17BrN2O3/c14-11-3-4-13(16(18)19)10(7-11)8-15-12(5-6-17)9-1-2-9/h3-4,7,9,12,15,17H,1-2,5-6,8H2. The van der Waals surface area contributed by atoms with Crippen LogP contribution >= 0.6 is 15.9 Å². The van der Waals surface area contributed by atoms with Crippen LogP contribution < -0.4 is 5.32 Å². The van der Waals surface area contributed by atoms with Gasteiger partial charge in [-0.1, -0.05) is 15.9 Å². The monoisotopic (exact) mass is 328 g/mol. The van der Waals surface area contributed by atoms with Crippen LogP contribution in [0, 0.1) is 16.0 Å². The molecule has 0 spiro atoms. The Balaban J connectivity index is 2.04. The number of nitrogens with zero attached hydrogens (tertiary/aromatic N) is 1. The second kappa shape index (κ2) is 6.45. The van der Waals surface area contributed by atoms with Gasteiger partial charge >= 0.3 is 0 Å². The van der Waals surface area contributed by atoms with Crippen LogP contribution in [-0.2, 0) is 6.54 Å². The van der Waals surface area contributed by atoms with E-state index in [9.17, 15) is 10.1 Å². The predicted octanol–water partition coefficient (Wildman–Crippen LogP) is 2.61. The molecule has 6 heteroatoms. The van der Waals surface area contributed by atoms with Crippen LogP contribution in [0.2, 0.25) is 0 Å².